The number of rotatable bonds is 5. The molecule has 0 saturated carbocycles. The standard InChI is InChI=1S/C18H21NO4S/c1-14-5-2-3-6-15(14)11-18(20)19(12-17-7-4-9-23-17)16-8-10-24(21,22)13-16/h2-7,9,16H,8,10-13H2,1H3/t16-/m0/s1. The Labute approximate surface area is 142 Å². The Balaban J connectivity index is 1.81. The SMILES string of the molecule is Cc1ccccc1CC(=O)N(Cc1ccco1)[C@H]1CCS(=O)(=O)C1. The van der Waals surface area contributed by atoms with E-state index in [0.29, 0.717) is 18.7 Å². The van der Waals surface area contributed by atoms with E-state index in [4.69, 9.17) is 4.42 Å². The third kappa shape index (κ3) is 3.87. The predicted molar refractivity (Wildman–Crippen MR) is 91.2 cm³/mol. The van der Waals surface area contributed by atoms with Crippen LogP contribution < -0.4 is 0 Å². The summed E-state index contributed by atoms with van der Waals surface area (Å²) < 4.78 is 29.0. The average molecular weight is 347 g/mol. The highest BCUT2D eigenvalue weighted by molar-refractivity contribution is 7.91. The van der Waals surface area contributed by atoms with E-state index in [2.05, 4.69) is 0 Å². The first-order chi connectivity index (χ1) is 11.4. The van der Waals surface area contributed by atoms with Crippen molar-refractivity contribution in [2.24, 2.45) is 0 Å². The van der Waals surface area contributed by atoms with Crippen molar-refractivity contribution in [1.82, 2.24) is 4.90 Å². The number of amides is 1. The van der Waals surface area contributed by atoms with Gasteiger partial charge in [-0.2, -0.15) is 0 Å². The van der Waals surface area contributed by atoms with Gasteiger partial charge in [0.25, 0.3) is 0 Å². The first-order valence-electron chi connectivity index (χ1n) is 8.01. The van der Waals surface area contributed by atoms with Crippen molar-refractivity contribution in [2.45, 2.75) is 32.4 Å². The van der Waals surface area contributed by atoms with E-state index in [1.807, 2.05) is 31.2 Å². The maximum absolute atomic E-state index is 12.9. The molecular formula is C18H21NO4S. The number of aryl methyl sites for hydroxylation is 1. The zero-order chi connectivity index (χ0) is 17.2. The van der Waals surface area contributed by atoms with Crippen molar-refractivity contribution in [3.05, 3.63) is 59.5 Å². The Morgan fingerprint density at radius 1 is 1.25 bits per heavy atom. The lowest BCUT2D eigenvalue weighted by Gasteiger charge is -2.28. The molecule has 1 aromatic heterocycles. The smallest absolute Gasteiger partial charge is 0.227 e. The van der Waals surface area contributed by atoms with Crippen LogP contribution in [0.5, 0.6) is 0 Å². The number of nitrogens with zero attached hydrogens (tertiary/aromatic N) is 1. The van der Waals surface area contributed by atoms with E-state index >= 15 is 0 Å². The molecule has 6 heteroatoms. The Morgan fingerprint density at radius 2 is 2.04 bits per heavy atom. The van der Waals surface area contributed by atoms with Crippen LogP contribution in [0.25, 0.3) is 0 Å². The molecule has 5 nitrogen and oxygen atoms in total. The summed E-state index contributed by atoms with van der Waals surface area (Å²) in [4.78, 5) is 14.5. The number of hydrogen-bond acceptors (Lipinski definition) is 4. The minimum absolute atomic E-state index is 0.0349. The Kier molecular flexibility index (Phi) is 4.76. The quantitative estimate of drug-likeness (QED) is 0.833. The van der Waals surface area contributed by atoms with E-state index in [0.717, 1.165) is 11.1 Å². The molecule has 1 saturated heterocycles. The van der Waals surface area contributed by atoms with Crippen LogP contribution in [0.2, 0.25) is 0 Å². The van der Waals surface area contributed by atoms with Gasteiger partial charge in [-0.05, 0) is 36.6 Å². The lowest BCUT2D eigenvalue weighted by atomic mass is 10.0. The van der Waals surface area contributed by atoms with E-state index in [1.54, 1.807) is 23.3 Å². The summed E-state index contributed by atoms with van der Waals surface area (Å²) >= 11 is 0. The van der Waals surface area contributed by atoms with Gasteiger partial charge in [0.15, 0.2) is 9.84 Å². The molecule has 2 heterocycles. The fourth-order valence-electron chi connectivity index (χ4n) is 3.09. The van der Waals surface area contributed by atoms with Crippen molar-refractivity contribution in [3.63, 3.8) is 0 Å². The molecule has 1 aliphatic rings. The topological polar surface area (TPSA) is 67.6 Å². The largest absolute Gasteiger partial charge is 0.467 e. The summed E-state index contributed by atoms with van der Waals surface area (Å²) in [5.41, 5.74) is 2.02. The molecule has 0 aliphatic carbocycles. The number of carbonyl (C=O) groups excluding carboxylic acids is 1. The summed E-state index contributed by atoms with van der Waals surface area (Å²) in [5, 5.41) is 0. The molecule has 1 aliphatic heterocycles. The average Bonchev–Trinajstić information content (AvgIpc) is 3.16. The third-order valence-corrected chi connectivity index (χ3v) is 6.23. The van der Waals surface area contributed by atoms with Crippen molar-refractivity contribution in [2.75, 3.05) is 11.5 Å². The lowest BCUT2D eigenvalue weighted by molar-refractivity contribution is -0.133. The fraction of sp³-hybridized carbons (Fsp3) is 0.389. The molecule has 3 rings (SSSR count). The molecule has 128 valence electrons. The van der Waals surface area contributed by atoms with Gasteiger partial charge >= 0.3 is 0 Å². The van der Waals surface area contributed by atoms with Crippen molar-refractivity contribution in [3.8, 4) is 0 Å². The summed E-state index contributed by atoms with van der Waals surface area (Å²) in [5.74, 6) is 0.775. The first-order valence-corrected chi connectivity index (χ1v) is 9.83. The zero-order valence-corrected chi connectivity index (χ0v) is 14.5. The van der Waals surface area contributed by atoms with Gasteiger partial charge in [0, 0.05) is 6.04 Å². The monoisotopic (exact) mass is 347 g/mol. The number of hydrogen-bond donors (Lipinski definition) is 0. The molecule has 1 atom stereocenters. The van der Waals surface area contributed by atoms with Crippen LogP contribution in [0.15, 0.2) is 47.1 Å². The van der Waals surface area contributed by atoms with Crippen LogP contribution in [-0.2, 0) is 27.6 Å². The Hall–Kier alpha value is -2.08. The number of sulfone groups is 1. The number of furan rings is 1. The maximum atomic E-state index is 12.9. The highest BCUT2D eigenvalue weighted by Crippen LogP contribution is 2.22. The van der Waals surface area contributed by atoms with Crippen LogP contribution in [0.3, 0.4) is 0 Å². The van der Waals surface area contributed by atoms with Crippen LogP contribution in [-0.4, -0.2) is 36.8 Å². The van der Waals surface area contributed by atoms with Gasteiger partial charge < -0.3 is 9.32 Å². The lowest BCUT2D eigenvalue weighted by Crippen LogP contribution is -2.41. The van der Waals surface area contributed by atoms with Crippen LogP contribution in [0.4, 0.5) is 0 Å². The van der Waals surface area contributed by atoms with Crippen LogP contribution >= 0.6 is 0 Å². The second kappa shape index (κ2) is 6.81. The van der Waals surface area contributed by atoms with Crippen LogP contribution in [0.1, 0.15) is 23.3 Å². The van der Waals surface area contributed by atoms with Gasteiger partial charge in [0.05, 0.1) is 30.7 Å². The van der Waals surface area contributed by atoms with E-state index in [1.165, 1.54) is 0 Å². The van der Waals surface area contributed by atoms with Gasteiger partial charge in [0.1, 0.15) is 5.76 Å². The Bertz CT molecular complexity index is 811. The molecule has 2 aromatic rings. The summed E-state index contributed by atoms with van der Waals surface area (Å²) in [6.07, 6.45) is 2.32. The molecule has 0 N–H and O–H groups in total. The third-order valence-electron chi connectivity index (χ3n) is 4.48. The van der Waals surface area contributed by atoms with Crippen molar-refractivity contribution < 1.29 is 17.6 Å². The molecule has 1 fully saturated rings. The first kappa shape index (κ1) is 16.8. The molecule has 0 spiro atoms. The molecule has 1 amide bonds. The van der Waals surface area contributed by atoms with Gasteiger partial charge in [-0.1, -0.05) is 24.3 Å². The van der Waals surface area contributed by atoms with Gasteiger partial charge in [-0.3, -0.25) is 4.79 Å². The summed E-state index contributed by atoms with van der Waals surface area (Å²) in [6.45, 7) is 2.28. The van der Waals surface area contributed by atoms with Crippen LogP contribution in [0, 0.1) is 6.92 Å². The second-order valence-corrected chi connectivity index (χ2v) is 8.49. The predicted octanol–water partition coefficient (Wildman–Crippen LogP) is 2.35. The summed E-state index contributed by atoms with van der Waals surface area (Å²) in [6, 6.07) is 11.0. The van der Waals surface area contributed by atoms with Gasteiger partial charge in [-0.25, -0.2) is 8.42 Å². The van der Waals surface area contributed by atoms with Crippen molar-refractivity contribution >= 4 is 15.7 Å². The number of benzene rings is 1. The minimum atomic E-state index is -3.06. The highest BCUT2D eigenvalue weighted by Gasteiger charge is 2.35. The van der Waals surface area contributed by atoms with E-state index in [-0.39, 0.29) is 29.9 Å². The molecule has 0 unspecified atom stereocenters. The highest BCUT2D eigenvalue weighted by atomic mass is 32.2. The zero-order valence-electron chi connectivity index (χ0n) is 13.6. The molecule has 0 bridgehead atoms. The number of carbonyl (C=O) groups is 1. The van der Waals surface area contributed by atoms with E-state index in [9.17, 15) is 13.2 Å². The van der Waals surface area contributed by atoms with Gasteiger partial charge in [0.2, 0.25) is 5.91 Å². The molecular weight excluding hydrogens is 326 g/mol. The molecule has 1 aromatic carbocycles. The Morgan fingerprint density at radius 3 is 2.67 bits per heavy atom. The summed E-state index contributed by atoms with van der Waals surface area (Å²) in [7, 11) is -3.06. The maximum Gasteiger partial charge on any atom is 0.227 e. The molecule has 24 heavy (non-hydrogen) atoms. The van der Waals surface area contributed by atoms with Crippen molar-refractivity contribution in [1.29, 1.82) is 0 Å². The fourth-order valence-corrected chi connectivity index (χ4v) is 4.82. The second-order valence-electron chi connectivity index (χ2n) is 6.26. The molecule has 0 radical (unpaired) electrons. The van der Waals surface area contributed by atoms with Gasteiger partial charge in [-0.15, -0.1) is 0 Å². The minimum Gasteiger partial charge on any atom is -0.467 e. The van der Waals surface area contributed by atoms with E-state index < -0.39 is 9.84 Å². The normalized spacial score (nSPS) is 19.3.